The third kappa shape index (κ3) is 4.08. The fourth-order valence-corrected chi connectivity index (χ4v) is 3.12. The van der Waals surface area contributed by atoms with E-state index in [0.29, 0.717) is 29.0 Å². The minimum atomic E-state index is -0.389. The highest BCUT2D eigenvalue weighted by molar-refractivity contribution is 6.34. The first-order valence-electron chi connectivity index (χ1n) is 9.38. The van der Waals surface area contributed by atoms with Gasteiger partial charge in [-0.3, -0.25) is 9.59 Å². The molecule has 5 nitrogen and oxygen atoms in total. The highest BCUT2D eigenvalue weighted by Crippen LogP contribution is 2.28. The van der Waals surface area contributed by atoms with Gasteiger partial charge in [-0.2, -0.15) is 0 Å². The molecule has 0 aliphatic carbocycles. The molecule has 0 bridgehead atoms. The van der Waals surface area contributed by atoms with Crippen molar-refractivity contribution in [3.63, 3.8) is 0 Å². The number of hydrogen-bond donors (Lipinski definition) is 0. The minimum absolute atomic E-state index is 0.349. The van der Waals surface area contributed by atoms with E-state index in [2.05, 4.69) is 6.92 Å². The second-order valence-electron chi connectivity index (χ2n) is 6.59. The van der Waals surface area contributed by atoms with Crippen LogP contribution in [0.1, 0.15) is 70.1 Å². The van der Waals surface area contributed by atoms with Crippen LogP contribution in [0.4, 0.5) is 5.69 Å². The summed E-state index contributed by atoms with van der Waals surface area (Å²) in [4.78, 5) is 38.2. The van der Waals surface area contributed by atoms with E-state index in [4.69, 9.17) is 4.74 Å². The lowest BCUT2D eigenvalue weighted by Gasteiger charge is -2.14. The van der Waals surface area contributed by atoms with Crippen LogP contribution < -0.4 is 4.90 Å². The second kappa shape index (κ2) is 8.62. The molecule has 1 aliphatic heterocycles. The van der Waals surface area contributed by atoms with Crippen LogP contribution in [0.2, 0.25) is 0 Å². The summed E-state index contributed by atoms with van der Waals surface area (Å²) < 4.78 is 5.28. The molecule has 2 aromatic carbocycles. The van der Waals surface area contributed by atoms with Crippen LogP contribution in [0.5, 0.6) is 0 Å². The summed E-state index contributed by atoms with van der Waals surface area (Å²) in [5.41, 5.74) is 1.64. The third-order valence-corrected chi connectivity index (χ3v) is 4.64. The monoisotopic (exact) mass is 365 g/mol. The first-order valence-corrected chi connectivity index (χ1v) is 9.38. The number of benzene rings is 2. The quantitative estimate of drug-likeness (QED) is 0.389. The molecule has 0 atom stereocenters. The number of anilines is 1. The van der Waals surface area contributed by atoms with Crippen LogP contribution in [0, 0.1) is 0 Å². The largest absolute Gasteiger partial charge is 0.462 e. The van der Waals surface area contributed by atoms with Crippen molar-refractivity contribution in [3.05, 3.63) is 65.2 Å². The molecule has 1 heterocycles. The standard InChI is InChI=1S/C22H23NO4/c1-2-3-4-5-8-15-27-22(26)16-11-13-17(14-12-16)23-20(24)18-9-6-7-10-19(18)21(23)25/h6-7,9-14H,2-5,8,15H2,1H3. The van der Waals surface area contributed by atoms with Crippen LogP contribution in [-0.2, 0) is 4.74 Å². The molecule has 0 saturated carbocycles. The molecule has 2 aromatic rings. The van der Waals surface area contributed by atoms with Gasteiger partial charge < -0.3 is 4.74 Å². The zero-order valence-corrected chi connectivity index (χ0v) is 15.4. The number of esters is 1. The Labute approximate surface area is 158 Å². The van der Waals surface area contributed by atoms with Gasteiger partial charge in [-0.1, -0.05) is 44.7 Å². The number of hydrogen-bond acceptors (Lipinski definition) is 4. The van der Waals surface area contributed by atoms with Gasteiger partial charge in [0.1, 0.15) is 0 Å². The number of fused-ring (bicyclic) bond motifs is 1. The Kier molecular flexibility index (Phi) is 6.01. The third-order valence-electron chi connectivity index (χ3n) is 4.64. The number of amides is 2. The lowest BCUT2D eigenvalue weighted by Crippen LogP contribution is -2.29. The Balaban J connectivity index is 1.60. The zero-order valence-electron chi connectivity index (χ0n) is 15.4. The van der Waals surface area contributed by atoms with Gasteiger partial charge in [0.05, 0.1) is 29.0 Å². The molecule has 5 heteroatoms. The summed E-state index contributed by atoms with van der Waals surface area (Å²) >= 11 is 0. The van der Waals surface area contributed by atoms with Gasteiger partial charge in [0.15, 0.2) is 0 Å². The predicted molar refractivity (Wildman–Crippen MR) is 103 cm³/mol. The second-order valence-corrected chi connectivity index (χ2v) is 6.59. The fraction of sp³-hybridized carbons (Fsp3) is 0.318. The number of imide groups is 1. The SMILES string of the molecule is CCCCCCCOC(=O)c1ccc(N2C(=O)c3ccccc3C2=O)cc1. The number of carbonyl (C=O) groups excluding carboxylic acids is 3. The van der Waals surface area contributed by atoms with Gasteiger partial charge in [0.2, 0.25) is 0 Å². The normalized spacial score (nSPS) is 13.0. The molecule has 3 rings (SSSR count). The van der Waals surface area contributed by atoms with Crippen molar-refractivity contribution in [2.24, 2.45) is 0 Å². The van der Waals surface area contributed by atoms with E-state index < -0.39 is 0 Å². The molecule has 0 aromatic heterocycles. The summed E-state index contributed by atoms with van der Waals surface area (Å²) in [6.45, 7) is 2.56. The van der Waals surface area contributed by atoms with E-state index in [1.54, 1.807) is 48.5 Å². The number of ether oxygens (including phenoxy) is 1. The average molecular weight is 365 g/mol. The first kappa shape index (κ1) is 18.8. The summed E-state index contributed by atoms with van der Waals surface area (Å²) in [6.07, 6.45) is 5.45. The number of unbranched alkanes of at least 4 members (excludes halogenated alkanes) is 4. The Morgan fingerprint density at radius 3 is 2.04 bits per heavy atom. The van der Waals surface area contributed by atoms with Crippen molar-refractivity contribution in [3.8, 4) is 0 Å². The smallest absolute Gasteiger partial charge is 0.338 e. The fourth-order valence-electron chi connectivity index (χ4n) is 3.12. The van der Waals surface area contributed by atoms with E-state index in [9.17, 15) is 14.4 Å². The summed E-state index contributed by atoms with van der Waals surface area (Å²) in [5, 5.41) is 0. The Morgan fingerprint density at radius 1 is 0.852 bits per heavy atom. The topological polar surface area (TPSA) is 63.7 Å². The molecule has 0 fully saturated rings. The van der Waals surface area contributed by atoms with Crippen molar-refractivity contribution in [1.29, 1.82) is 0 Å². The molecule has 0 unspecified atom stereocenters. The number of rotatable bonds is 8. The van der Waals surface area contributed by atoms with E-state index in [-0.39, 0.29) is 17.8 Å². The molecule has 2 amide bonds. The van der Waals surface area contributed by atoms with Crippen molar-refractivity contribution in [2.75, 3.05) is 11.5 Å². The molecule has 1 aliphatic rings. The maximum atomic E-state index is 12.5. The number of nitrogens with zero attached hydrogens (tertiary/aromatic N) is 1. The summed E-state index contributed by atoms with van der Waals surface area (Å²) in [6, 6.07) is 13.1. The Bertz CT molecular complexity index is 807. The highest BCUT2D eigenvalue weighted by Gasteiger charge is 2.36. The lowest BCUT2D eigenvalue weighted by atomic mass is 10.1. The summed E-state index contributed by atoms with van der Waals surface area (Å²) in [7, 11) is 0. The van der Waals surface area contributed by atoms with Gasteiger partial charge in [-0.05, 0) is 42.8 Å². The average Bonchev–Trinajstić information content (AvgIpc) is 2.95. The Morgan fingerprint density at radius 2 is 1.44 bits per heavy atom. The van der Waals surface area contributed by atoms with Gasteiger partial charge >= 0.3 is 5.97 Å². The van der Waals surface area contributed by atoms with Crippen LogP contribution in [0.15, 0.2) is 48.5 Å². The van der Waals surface area contributed by atoms with E-state index in [0.717, 1.165) is 24.2 Å². The predicted octanol–water partition coefficient (Wildman–Crippen LogP) is 4.61. The van der Waals surface area contributed by atoms with Gasteiger partial charge in [-0.25, -0.2) is 9.69 Å². The maximum absolute atomic E-state index is 12.5. The van der Waals surface area contributed by atoms with Crippen LogP contribution in [0.3, 0.4) is 0 Å². The van der Waals surface area contributed by atoms with Gasteiger partial charge in [-0.15, -0.1) is 0 Å². The Hall–Kier alpha value is -2.95. The van der Waals surface area contributed by atoms with Crippen LogP contribution in [0.25, 0.3) is 0 Å². The summed E-state index contributed by atoms with van der Waals surface area (Å²) in [5.74, 6) is -1.09. The maximum Gasteiger partial charge on any atom is 0.338 e. The molecule has 0 radical (unpaired) electrons. The van der Waals surface area contributed by atoms with Crippen molar-refractivity contribution >= 4 is 23.5 Å². The minimum Gasteiger partial charge on any atom is -0.462 e. The molecular formula is C22H23NO4. The van der Waals surface area contributed by atoms with Gasteiger partial charge in [0, 0.05) is 0 Å². The van der Waals surface area contributed by atoms with E-state index in [1.807, 2.05) is 0 Å². The molecule has 0 saturated heterocycles. The zero-order chi connectivity index (χ0) is 19.2. The van der Waals surface area contributed by atoms with Crippen molar-refractivity contribution in [2.45, 2.75) is 39.0 Å². The first-order chi connectivity index (χ1) is 13.1. The van der Waals surface area contributed by atoms with Crippen LogP contribution in [-0.4, -0.2) is 24.4 Å². The molecule has 0 spiro atoms. The molecule has 140 valence electrons. The van der Waals surface area contributed by atoms with Gasteiger partial charge in [0.25, 0.3) is 11.8 Å². The molecular weight excluding hydrogens is 342 g/mol. The van der Waals surface area contributed by atoms with E-state index in [1.165, 1.54) is 12.8 Å². The highest BCUT2D eigenvalue weighted by atomic mass is 16.5. The number of carbonyl (C=O) groups is 3. The molecule has 27 heavy (non-hydrogen) atoms. The van der Waals surface area contributed by atoms with E-state index >= 15 is 0 Å². The van der Waals surface area contributed by atoms with Crippen LogP contribution >= 0.6 is 0 Å². The van der Waals surface area contributed by atoms with Crippen molar-refractivity contribution in [1.82, 2.24) is 0 Å². The lowest BCUT2D eigenvalue weighted by molar-refractivity contribution is 0.0497. The van der Waals surface area contributed by atoms with Crippen molar-refractivity contribution < 1.29 is 19.1 Å². The molecule has 0 N–H and O–H groups in total.